The lowest BCUT2D eigenvalue weighted by atomic mass is 10.1. The minimum absolute atomic E-state index is 0.0635. The molecule has 1 amide bonds. The van der Waals surface area contributed by atoms with Gasteiger partial charge in [-0.15, -0.1) is 10.2 Å². The quantitative estimate of drug-likeness (QED) is 0.512. The van der Waals surface area contributed by atoms with Crippen LogP contribution in [-0.4, -0.2) is 40.6 Å². The molecule has 4 rings (SSSR count). The molecular formula is C24H28N4O3S2. The van der Waals surface area contributed by atoms with Crippen LogP contribution in [0, 0.1) is 19.8 Å². The Morgan fingerprint density at radius 1 is 1.15 bits per heavy atom. The molecule has 2 atom stereocenters. The van der Waals surface area contributed by atoms with Gasteiger partial charge in [0.2, 0.25) is 5.91 Å². The molecule has 174 valence electrons. The molecule has 0 aliphatic carbocycles. The predicted octanol–water partition coefficient (Wildman–Crippen LogP) is 3.88. The molecule has 1 N–H and O–H groups in total. The molecule has 1 aromatic heterocycles. The summed E-state index contributed by atoms with van der Waals surface area (Å²) in [5.74, 6) is 1.11. The Hall–Kier alpha value is -2.65. The Morgan fingerprint density at radius 2 is 1.85 bits per heavy atom. The fraction of sp³-hybridized carbons (Fsp3) is 0.375. The number of amides is 1. The van der Waals surface area contributed by atoms with Crippen molar-refractivity contribution in [3.05, 3.63) is 71.0 Å². The van der Waals surface area contributed by atoms with E-state index in [2.05, 4.69) is 21.6 Å². The molecular weight excluding hydrogens is 456 g/mol. The van der Waals surface area contributed by atoms with Gasteiger partial charge in [0.05, 0.1) is 11.5 Å². The standard InChI is InChI=1S/C24H28N4O3S2/c1-16-11-17(2)13-20(12-16)25-23(29)22(19-7-5-4-6-8-19)32-24-27-26-21(28(24)3)14-18-9-10-33(30,31)15-18/h4-8,11-13,18,22H,9-10,14-15H2,1-3H3,(H,25,29)/t18-,22-/m0/s1. The van der Waals surface area contributed by atoms with Crippen molar-refractivity contribution in [2.45, 2.75) is 37.1 Å². The second kappa shape index (κ2) is 9.69. The van der Waals surface area contributed by atoms with Crippen molar-refractivity contribution < 1.29 is 13.2 Å². The van der Waals surface area contributed by atoms with E-state index in [4.69, 9.17) is 0 Å². The minimum Gasteiger partial charge on any atom is -0.325 e. The third-order valence-electron chi connectivity index (χ3n) is 5.78. The van der Waals surface area contributed by atoms with Gasteiger partial charge in [-0.25, -0.2) is 8.42 Å². The van der Waals surface area contributed by atoms with E-state index in [1.807, 2.05) is 67.9 Å². The number of carbonyl (C=O) groups excluding carboxylic acids is 1. The van der Waals surface area contributed by atoms with Crippen LogP contribution in [0.3, 0.4) is 0 Å². The topological polar surface area (TPSA) is 94.0 Å². The van der Waals surface area contributed by atoms with Gasteiger partial charge in [-0.2, -0.15) is 0 Å². The summed E-state index contributed by atoms with van der Waals surface area (Å²) in [4.78, 5) is 13.4. The first-order valence-electron chi connectivity index (χ1n) is 10.9. The largest absolute Gasteiger partial charge is 0.325 e. The van der Waals surface area contributed by atoms with Gasteiger partial charge in [-0.05, 0) is 55.0 Å². The van der Waals surface area contributed by atoms with E-state index in [9.17, 15) is 13.2 Å². The number of carbonyl (C=O) groups is 1. The zero-order chi connectivity index (χ0) is 23.6. The van der Waals surface area contributed by atoms with Gasteiger partial charge in [0.1, 0.15) is 11.1 Å². The molecule has 0 unspecified atom stereocenters. The van der Waals surface area contributed by atoms with Gasteiger partial charge in [0, 0.05) is 19.2 Å². The molecule has 9 heteroatoms. The Balaban J connectivity index is 1.55. The van der Waals surface area contributed by atoms with Gasteiger partial charge in [0.15, 0.2) is 15.0 Å². The maximum absolute atomic E-state index is 13.4. The van der Waals surface area contributed by atoms with E-state index in [0.29, 0.717) is 18.0 Å². The molecule has 0 radical (unpaired) electrons. The second-order valence-electron chi connectivity index (χ2n) is 8.71. The van der Waals surface area contributed by atoms with Crippen LogP contribution >= 0.6 is 11.8 Å². The lowest BCUT2D eigenvalue weighted by Crippen LogP contribution is -2.19. The number of benzene rings is 2. The third kappa shape index (κ3) is 5.83. The van der Waals surface area contributed by atoms with Crippen LogP contribution in [0.4, 0.5) is 5.69 Å². The smallest absolute Gasteiger partial charge is 0.242 e. The highest BCUT2D eigenvalue weighted by Crippen LogP contribution is 2.36. The van der Waals surface area contributed by atoms with Gasteiger partial charge < -0.3 is 9.88 Å². The van der Waals surface area contributed by atoms with E-state index in [1.54, 1.807) is 0 Å². The summed E-state index contributed by atoms with van der Waals surface area (Å²) in [6.45, 7) is 4.01. The monoisotopic (exact) mass is 484 g/mol. The summed E-state index contributed by atoms with van der Waals surface area (Å²) in [5.41, 5.74) is 3.80. The number of thioether (sulfide) groups is 1. The molecule has 2 heterocycles. The molecule has 1 aliphatic rings. The van der Waals surface area contributed by atoms with Gasteiger partial charge in [-0.3, -0.25) is 4.79 Å². The van der Waals surface area contributed by atoms with E-state index in [0.717, 1.165) is 28.2 Å². The molecule has 0 spiro atoms. The van der Waals surface area contributed by atoms with Crippen molar-refractivity contribution in [2.24, 2.45) is 13.0 Å². The number of anilines is 1. The van der Waals surface area contributed by atoms with Crippen molar-refractivity contribution in [1.82, 2.24) is 14.8 Å². The van der Waals surface area contributed by atoms with Gasteiger partial charge in [-0.1, -0.05) is 48.2 Å². The zero-order valence-corrected chi connectivity index (χ0v) is 20.6. The van der Waals surface area contributed by atoms with Crippen molar-refractivity contribution >= 4 is 33.2 Å². The van der Waals surface area contributed by atoms with Crippen LogP contribution < -0.4 is 5.32 Å². The summed E-state index contributed by atoms with van der Waals surface area (Å²) in [7, 11) is -1.07. The molecule has 1 fully saturated rings. The summed E-state index contributed by atoms with van der Waals surface area (Å²) in [6, 6.07) is 15.6. The molecule has 33 heavy (non-hydrogen) atoms. The number of rotatable bonds is 7. The highest BCUT2D eigenvalue weighted by molar-refractivity contribution is 8.00. The summed E-state index contributed by atoms with van der Waals surface area (Å²) < 4.78 is 25.5. The summed E-state index contributed by atoms with van der Waals surface area (Å²) in [5, 5.41) is 11.8. The van der Waals surface area contributed by atoms with E-state index in [1.165, 1.54) is 11.8 Å². The first-order valence-corrected chi connectivity index (χ1v) is 13.6. The SMILES string of the molecule is Cc1cc(C)cc(NC(=O)[C@@H](Sc2nnc(C[C@@H]3CCS(=O)(=O)C3)n2C)c2ccccc2)c1. The van der Waals surface area contributed by atoms with Crippen molar-refractivity contribution in [2.75, 3.05) is 16.8 Å². The Bertz CT molecular complexity index is 1240. The number of aromatic nitrogens is 3. The minimum atomic E-state index is -2.94. The first-order chi connectivity index (χ1) is 15.7. The molecule has 1 aliphatic heterocycles. The molecule has 0 saturated carbocycles. The maximum Gasteiger partial charge on any atom is 0.242 e. The van der Waals surface area contributed by atoms with Crippen molar-refractivity contribution in [3.63, 3.8) is 0 Å². The van der Waals surface area contributed by atoms with Gasteiger partial charge in [0.25, 0.3) is 0 Å². The molecule has 2 aromatic carbocycles. The van der Waals surface area contributed by atoms with Crippen LogP contribution in [0.2, 0.25) is 0 Å². The van der Waals surface area contributed by atoms with Crippen LogP contribution in [-0.2, 0) is 28.1 Å². The predicted molar refractivity (Wildman–Crippen MR) is 131 cm³/mol. The lowest BCUT2D eigenvalue weighted by molar-refractivity contribution is -0.115. The Labute approximate surface area is 198 Å². The fourth-order valence-corrected chi connectivity index (χ4v) is 7.06. The average molecular weight is 485 g/mol. The Kier molecular flexibility index (Phi) is 6.90. The lowest BCUT2D eigenvalue weighted by Gasteiger charge is -2.17. The van der Waals surface area contributed by atoms with Gasteiger partial charge >= 0.3 is 0 Å². The van der Waals surface area contributed by atoms with Crippen LogP contribution in [0.5, 0.6) is 0 Å². The van der Waals surface area contributed by atoms with E-state index < -0.39 is 15.1 Å². The third-order valence-corrected chi connectivity index (χ3v) is 8.90. The number of hydrogen-bond acceptors (Lipinski definition) is 6. The molecule has 3 aromatic rings. The maximum atomic E-state index is 13.4. The summed E-state index contributed by atoms with van der Waals surface area (Å²) in [6.07, 6.45) is 1.22. The highest BCUT2D eigenvalue weighted by Gasteiger charge is 2.30. The van der Waals surface area contributed by atoms with Crippen LogP contribution in [0.25, 0.3) is 0 Å². The van der Waals surface area contributed by atoms with E-state index in [-0.39, 0.29) is 23.3 Å². The molecule has 1 saturated heterocycles. The van der Waals surface area contributed by atoms with Crippen LogP contribution in [0.1, 0.15) is 34.2 Å². The van der Waals surface area contributed by atoms with E-state index >= 15 is 0 Å². The normalized spacial score (nSPS) is 18.2. The Morgan fingerprint density at radius 3 is 2.48 bits per heavy atom. The molecule has 0 bridgehead atoms. The number of sulfone groups is 1. The highest BCUT2D eigenvalue weighted by atomic mass is 32.2. The van der Waals surface area contributed by atoms with Crippen LogP contribution in [0.15, 0.2) is 53.7 Å². The fourth-order valence-electron chi connectivity index (χ4n) is 4.18. The summed E-state index contributed by atoms with van der Waals surface area (Å²) >= 11 is 1.34. The van der Waals surface area contributed by atoms with Crippen molar-refractivity contribution in [1.29, 1.82) is 0 Å². The number of nitrogens with zero attached hydrogens (tertiary/aromatic N) is 3. The number of nitrogens with one attached hydrogen (secondary N) is 1. The zero-order valence-electron chi connectivity index (χ0n) is 19.0. The molecule has 7 nitrogen and oxygen atoms in total. The second-order valence-corrected chi connectivity index (χ2v) is 12.0. The number of hydrogen-bond donors (Lipinski definition) is 1. The number of aryl methyl sites for hydroxylation is 2. The average Bonchev–Trinajstić information content (AvgIpc) is 3.27. The first kappa shape index (κ1) is 23.5. The van der Waals surface area contributed by atoms with Crippen molar-refractivity contribution in [3.8, 4) is 0 Å².